The fourth-order valence-electron chi connectivity index (χ4n) is 1.78. The van der Waals surface area contributed by atoms with Gasteiger partial charge in [-0.15, -0.1) is 0 Å². The van der Waals surface area contributed by atoms with Gasteiger partial charge in [0.05, 0.1) is 12.2 Å². The first-order valence-electron chi connectivity index (χ1n) is 6.28. The molecule has 110 valence electrons. The number of carboxylic acid groups (broad SMARTS) is 1. The zero-order valence-corrected chi connectivity index (χ0v) is 11.4. The molecular formula is C13H18N2O5. The van der Waals surface area contributed by atoms with Crippen LogP contribution in [-0.4, -0.2) is 36.2 Å². The standard InChI is InChI=1S/C13H18N2O5/c1-3-20-12(18)9-4-8(2)5-10(6-9)15-13(19)14-7-11(16)17/h4,6,8H,3,5,7H2,1-2H3,(H,16,17)(H2,14,15,19). The number of nitrogens with one attached hydrogen (secondary N) is 2. The summed E-state index contributed by atoms with van der Waals surface area (Å²) >= 11 is 0. The Kier molecular flexibility index (Phi) is 5.76. The van der Waals surface area contributed by atoms with Gasteiger partial charge in [0.15, 0.2) is 0 Å². The van der Waals surface area contributed by atoms with Crippen molar-refractivity contribution in [2.45, 2.75) is 20.3 Å². The van der Waals surface area contributed by atoms with Crippen LogP contribution in [0.1, 0.15) is 20.3 Å². The van der Waals surface area contributed by atoms with Crippen LogP contribution in [0.15, 0.2) is 23.4 Å². The molecule has 0 saturated heterocycles. The first kappa shape index (κ1) is 15.7. The second-order valence-corrected chi connectivity index (χ2v) is 4.39. The van der Waals surface area contributed by atoms with Gasteiger partial charge < -0.3 is 20.5 Å². The van der Waals surface area contributed by atoms with Crippen LogP contribution >= 0.6 is 0 Å². The van der Waals surface area contributed by atoms with Crippen molar-refractivity contribution in [2.75, 3.05) is 13.2 Å². The summed E-state index contributed by atoms with van der Waals surface area (Å²) in [7, 11) is 0. The molecule has 0 aromatic carbocycles. The minimum absolute atomic E-state index is 0.0779. The van der Waals surface area contributed by atoms with Crippen LogP contribution in [0.4, 0.5) is 4.79 Å². The predicted octanol–water partition coefficient (Wildman–Crippen LogP) is 0.783. The lowest BCUT2D eigenvalue weighted by molar-refractivity contribution is -0.138. The van der Waals surface area contributed by atoms with E-state index in [4.69, 9.17) is 9.84 Å². The van der Waals surface area contributed by atoms with E-state index in [2.05, 4.69) is 10.6 Å². The van der Waals surface area contributed by atoms with Crippen LogP contribution in [0.3, 0.4) is 0 Å². The maximum Gasteiger partial charge on any atom is 0.337 e. The summed E-state index contributed by atoms with van der Waals surface area (Å²) in [6.45, 7) is 3.44. The number of amides is 2. The van der Waals surface area contributed by atoms with Gasteiger partial charge in [0.1, 0.15) is 6.54 Å². The molecule has 0 aromatic heterocycles. The van der Waals surface area contributed by atoms with Crippen molar-refractivity contribution in [3.05, 3.63) is 23.4 Å². The molecule has 7 nitrogen and oxygen atoms in total. The Morgan fingerprint density at radius 3 is 2.75 bits per heavy atom. The Hall–Kier alpha value is -2.31. The Morgan fingerprint density at radius 1 is 1.45 bits per heavy atom. The summed E-state index contributed by atoms with van der Waals surface area (Å²) in [5, 5.41) is 13.2. The fraction of sp³-hybridized carbons (Fsp3) is 0.462. The lowest BCUT2D eigenvalue weighted by atomic mass is 9.95. The van der Waals surface area contributed by atoms with E-state index in [1.807, 2.05) is 6.92 Å². The highest BCUT2D eigenvalue weighted by molar-refractivity contribution is 5.92. The van der Waals surface area contributed by atoms with E-state index in [0.717, 1.165) is 0 Å². The first-order chi connectivity index (χ1) is 9.42. The summed E-state index contributed by atoms with van der Waals surface area (Å²) in [6.07, 6.45) is 3.88. The molecule has 0 aliphatic heterocycles. The van der Waals surface area contributed by atoms with Crippen LogP contribution in [0, 0.1) is 5.92 Å². The Morgan fingerprint density at radius 2 is 2.15 bits per heavy atom. The molecule has 2 amide bonds. The van der Waals surface area contributed by atoms with Gasteiger partial charge in [0.2, 0.25) is 0 Å². The molecule has 0 spiro atoms. The van der Waals surface area contributed by atoms with Gasteiger partial charge in [-0.05, 0) is 25.3 Å². The van der Waals surface area contributed by atoms with E-state index in [9.17, 15) is 14.4 Å². The lowest BCUT2D eigenvalue weighted by Gasteiger charge is -2.19. The molecule has 1 aliphatic rings. The van der Waals surface area contributed by atoms with Crippen LogP contribution in [0.2, 0.25) is 0 Å². The lowest BCUT2D eigenvalue weighted by Crippen LogP contribution is -2.38. The number of carbonyl (C=O) groups excluding carboxylic acids is 2. The van der Waals surface area contributed by atoms with Crippen LogP contribution in [-0.2, 0) is 14.3 Å². The number of hydrogen-bond donors (Lipinski definition) is 3. The average Bonchev–Trinajstić information content (AvgIpc) is 2.36. The second kappa shape index (κ2) is 7.32. The molecule has 3 N–H and O–H groups in total. The molecule has 7 heteroatoms. The number of carboxylic acids is 1. The number of urea groups is 1. The molecular weight excluding hydrogens is 264 g/mol. The topological polar surface area (TPSA) is 105 Å². The molecule has 0 radical (unpaired) electrons. The number of ether oxygens (including phenoxy) is 1. The van der Waals surface area contributed by atoms with Crippen molar-refractivity contribution in [2.24, 2.45) is 5.92 Å². The number of esters is 1. The maximum atomic E-state index is 11.6. The van der Waals surface area contributed by atoms with E-state index in [1.54, 1.807) is 19.1 Å². The largest absolute Gasteiger partial charge is 0.480 e. The minimum atomic E-state index is -1.13. The molecule has 1 unspecified atom stereocenters. The molecule has 1 rings (SSSR count). The molecule has 0 bridgehead atoms. The van der Waals surface area contributed by atoms with E-state index in [1.165, 1.54) is 0 Å². The summed E-state index contributed by atoms with van der Waals surface area (Å²) in [4.78, 5) is 33.4. The van der Waals surface area contributed by atoms with Crippen LogP contribution in [0.25, 0.3) is 0 Å². The second-order valence-electron chi connectivity index (χ2n) is 4.39. The molecule has 0 aromatic rings. The molecule has 0 saturated carbocycles. The Balaban J connectivity index is 2.65. The van der Waals surface area contributed by atoms with Crippen molar-refractivity contribution >= 4 is 18.0 Å². The van der Waals surface area contributed by atoms with Gasteiger partial charge in [-0.25, -0.2) is 9.59 Å². The zero-order valence-electron chi connectivity index (χ0n) is 11.4. The summed E-state index contributed by atoms with van der Waals surface area (Å²) < 4.78 is 4.90. The number of rotatable bonds is 5. The molecule has 20 heavy (non-hydrogen) atoms. The van der Waals surface area contributed by atoms with E-state index in [-0.39, 0.29) is 12.5 Å². The maximum absolute atomic E-state index is 11.6. The zero-order chi connectivity index (χ0) is 15.1. The molecule has 1 aliphatic carbocycles. The molecule has 1 atom stereocenters. The van der Waals surface area contributed by atoms with E-state index in [0.29, 0.717) is 17.7 Å². The Labute approximate surface area is 116 Å². The van der Waals surface area contributed by atoms with Crippen LogP contribution in [0.5, 0.6) is 0 Å². The van der Waals surface area contributed by atoms with Crippen molar-refractivity contribution in [3.63, 3.8) is 0 Å². The summed E-state index contributed by atoms with van der Waals surface area (Å²) in [5.74, 6) is -1.49. The number of hydrogen-bond acceptors (Lipinski definition) is 4. The van der Waals surface area contributed by atoms with Gasteiger partial charge in [-0.1, -0.05) is 13.0 Å². The highest BCUT2D eigenvalue weighted by Gasteiger charge is 2.18. The van der Waals surface area contributed by atoms with E-state index < -0.39 is 24.5 Å². The number of carbonyl (C=O) groups is 3. The van der Waals surface area contributed by atoms with Crippen molar-refractivity contribution in [3.8, 4) is 0 Å². The molecule has 0 heterocycles. The van der Waals surface area contributed by atoms with Crippen LogP contribution < -0.4 is 10.6 Å². The van der Waals surface area contributed by atoms with Gasteiger partial charge in [-0.2, -0.15) is 0 Å². The average molecular weight is 282 g/mol. The molecule has 0 fully saturated rings. The van der Waals surface area contributed by atoms with Gasteiger partial charge in [0.25, 0.3) is 0 Å². The monoisotopic (exact) mass is 282 g/mol. The quantitative estimate of drug-likeness (QED) is 0.646. The number of aliphatic carboxylic acids is 1. The van der Waals surface area contributed by atoms with Gasteiger partial charge >= 0.3 is 18.0 Å². The smallest absolute Gasteiger partial charge is 0.337 e. The predicted molar refractivity (Wildman–Crippen MR) is 70.8 cm³/mol. The normalized spacial score (nSPS) is 17.6. The fourth-order valence-corrected chi connectivity index (χ4v) is 1.78. The summed E-state index contributed by atoms with van der Waals surface area (Å²) in [5.41, 5.74) is 0.935. The third-order valence-corrected chi connectivity index (χ3v) is 2.52. The van der Waals surface area contributed by atoms with Crippen molar-refractivity contribution in [1.29, 1.82) is 0 Å². The SMILES string of the molecule is CCOC(=O)C1=CC(C)CC(NC(=O)NCC(=O)O)=C1. The third-order valence-electron chi connectivity index (χ3n) is 2.52. The number of allylic oxidation sites excluding steroid dienone is 2. The van der Waals surface area contributed by atoms with E-state index >= 15 is 0 Å². The van der Waals surface area contributed by atoms with Crippen molar-refractivity contribution < 1.29 is 24.2 Å². The Bertz CT molecular complexity index is 467. The van der Waals surface area contributed by atoms with Gasteiger partial charge in [-0.3, -0.25) is 4.79 Å². The highest BCUT2D eigenvalue weighted by atomic mass is 16.5. The first-order valence-corrected chi connectivity index (χ1v) is 6.28. The van der Waals surface area contributed by atoms with Gasteiger partial charge in [0, 0.05) is 5.70 Å². The third kappa shape index (κ3) is 5.13. The summed E-state index contributed by atoms with van der Waals surface area (Å²) in [6, 6.07) is -0.615. The highest BCUT2D eigenvalue weighted by Crippen LogP contribution is 2.21. The minimum Gasteiger partial charge on any atom is -0.480 e. The van der Waals surface area contributed by atoms with Crippen molar-refractivity contribution in [1.82, 2.24) is 10.6 Å².